The Kier molecular flexibility index (Phi) is 13.5. The monoisotopic (exact) mass is 626 g/mol. The van der Waals surface area contributed by atoms with Crippen molar-refractivity contribution in [3.63, 3.8) is 0 Å². The Morgan fingerprint density at radius 1 is 0.805 bits per heavy atom. The number of aliphatic hydroxyl groups excluding tert-OH is 1. The molecular weight excluding hydrogens is 584 g/mol. The maximum absolute atomic E-state index is 13.2. The molecule has 222 valence electrons. The van der Waals surface area contributed by atoms with Crippen LogP contribution in [0.1, 0.15) is 114 Å². The summed E-state index contributed by atoms with van der Waals surface area (Å²) in [6.07, 6.45) is 17.3. The second kappa shape index (κ2) is 17.1. The van der Waals surface area contributed by atoms with Gasteiger partial charge in [0.1, 0.15) is 5.76 Å². The van der Waals surface area contributed by atoms with Crippen LogP contribution in [0, 0.1) is 10.1 Å². The number of non-ortho nitro benzene ring substituents is 1. The second-order valence-electron chi connectivity index (χ2n) is 10.9. The molecule has 0 saturated carbocycles. The molecule has 0 aliphatic carbocycles. The molecular formula is C33H43BrN2O5. The lowest BCUT2D eigenvalue weighted by Gasteiger charge is -2.25. The standard InChI is InChI=1S/C33H43BrN2O5/c1-2-3-4-5-6-7-8-9-10-11-12-13-14-15-24-35-30(25-16-20-27(34)21-17-25)29(32(38)33(35)39)31(37)26-18-22-28(23-19-26)36(40)41/h16-23,30,37H,2-15,24H2,1H3. The summed E-state index contributed by atoms with van der Waals surface area (Å²) in [6, 6.07) is 12.0. The first-order valence-corrected chi connectivity index (χ1v) is 15.9. The first kappa shape index (κ1) is 32.5. The van der Waals surface area contributed by atoms with E-state index in [4.69, 9.17) is 0 Å². The molecule has 0 aromatic heterocycles. The van der Waals surface area contributed by atoms with E-state index in [0.29, 0.717) is 6.54 Å². The Labute approximate surface area is 252 Å². The third-order valence-corrected chi connectivity index (χ3v) is 8.36. The summed E-state index contributed by atoms with van der Waals surface area (Å²) in [6.45, 7) is 2.67. The average molecular weight is 628 g/mol. The van der Waals surface area contributed by atoms with E-state index in [1.807, 2.05) is 24.3 Å². The van der Waals surface area contributed by atoms with Gasteiger partial charge in [-0.05, 0) is 36.2 Å². The summed E-state index contributed by atoms with van der Waals surface area (Å²) in [5.41, 5.74) is 0.870. The van der Waals surface area contributed by atoms with Gasteiger partial charge in [-0.2, -0.15) is 0 Å². The van der Waals surface area contributed by atoms with Crippen molar-refractivity contribution >= 4 is 39.1 Å². The minimum atomic E-state index is -0.737. The van der Waals surface area contributed by atoms with E-state index in [2.05, 4.69) is 22.9 Å². The highest BCUT2D eigenvalue weighted by Crippen LogP contribution is 2.40. The van der Waals surface area contributed by atoms with Crippen molar-refractivity contribution in [2.24, 2.45) is 0 Å². The van der Waals surface area contributed by atoms with E-state index in [9.17, 15) is 24.8 Å². The zero-order valence-electron chi connectivity index (χ0n) is 24.2. The molecule has 1 N–H and O–H groups in total. The average Bonchev–Trinajstić information content (AvgIpc) is 3.22. The van der Waals surface area contributed by atoms with Crippen molar-refractivity contribution in [1.82, 2.24) is 4.90 Å². The summed E-state index contributed by atoms with van der Waals surface area (Å²) in [5, 5.41) is 22.2. The number of carbonyl (C=O) groups excluding carboxylic acids is 2. The number of nitro groups is 1. The number of hydrogen-bond donors (Lipinski definition) is 1. The maximum atomic E-state index is 13.2. The lowest BCUT2D eigenvalue weighted by Crippen LogP contribution is -2.30. The van der Waals surface area contributed by atoms with Gasteiger partial charge in [0.15, 0.2) is 0 Å². The molecule has 1 saturated heterocycles. The minimum Gasteiger partial charge on any atom is -0.507 e. The molecule has 1 aliphatic rings. The molecule has 3 rings (SSSR count). The van der Waals surface area contributed by atoms with Gasteiger partial charge < -0.3 is 10.0 Å². The van der Waals surface area contributed by atoms with Crippen molar-refractivity contribution in [2.75, 3.05) is 6.54 Å². The molecule has 1 aliphatic heterocycles. The third kappa shape index (κ3) is 9.52. The zero-order chi connectivity index (χ0) is 29.6. The Balaban J connectivity index is 1.56. The zero-order valence-corrected chi connectivity index (χ0v) is 25.7. The quantitative estimate of drug-likeness (QED) is 0.0443. The SMILES string of the molecule is CCCCCCCCCCCCCCCCN1C(=O)C(=O)C(=C(O)c2ccc([N+](=O)[O-])cc2)C1c1ccc(Br)cc1. The molecule has 1 unspecified atom stereocenters. The topological polar surface area (TPSA) is 101 Å². The Morgan fingerprint density at radius 2 is 1.29 bits per heavy atom. The van der Waals surface area contributed by atoms with Gasteiger partial charge in [-0.1, -0.05) is 118 Å². The number of rotatable bonds is 18. The third-order valence-electron chi connectivity index (χ3n) is 7.83. The van der Waals surface area contributed by atoms with Crippen LogP contribution in [0.5, 0.6) is 0 Å². The Hall–Kier alpha value is -3.00. The lowest BCUT2D eigenvalue weighted by molar-refractivity contribution is -0.384. The highest BCUT2D eigenvalue weighted by molar-refractivity contribution is 9.10. The first-order chi connectivity index (χ1) is 19.8. The fourth-order valence-corrected chi connectivity index (χ4v) is 5.74. The summed E-state index contributed by atoms with van der Waals surface area (Å²) in [5.74, 6) is -1.69. The van der Waals surface area contributed by atoms with Gasteiger partial charge in [-0.3, -0.25) is 19.7 Å². The van der Waals surface area contributed by atoms with Gasteiger partial charge in [0.2, 0.25) is 0 Å². The number of hydrogen-bond acceptors (Lipinski definition) is 5. The van der Waals surface area contributed by atoms with Crippen LogP contribution in [-0.4, -0.2) is 33.2 Å². The molecule has 8 heteroatoms. The van der Waals surface area contributed by atoms with Crippen LogP contribution in [0.4, 0.5) is 5.69 Å². The number of Topliss-reactive ketones (excluding diaryl/α,β-unsaturated/α-hetero) is 1. The van der Waals surface area contributed by atoms with Crippen molar-refractivity contribution in [1.29, 1.82) is 0 Å². The number of halogens is 1. The van der Waals surface area contributed by atoms with Crippen molar-refractivity contribution < 1.29 is 19.6 Å². The normalized spacial score (nSPS) is 16.4. The molecule has 2 aromatic carbocycles. The molecule has 7 nitrogen and oxygen atoms in total. The lowest BCUT2D eigenvalue weighted by atomic mass is 9.95. The predicted octanol–water partition coefficient (Wildman–Crippen LogP) is 9.26. The largest absolute Gasteiger partial charge is 0.507 e. The predicted molar refractivity (Wildman–Crippen MR) is 167 cm³/mol. The van der Waals surface area contributed by atoms with Gasteiger partial charge in [0.25, 0.3) is 17.4 Å². The van der Waals surface area contributed by atoms with Crippen LogP contribution in [0.25, 0.3) is 5.76 Å². The second-order valence-corrected chi connectivity index (χ2v) is 11.9. The van der Waals surface area contributed by atoms with Crippen LogP contribution in [0.2, 0.25) is 0 Å². The van der Waals surface area contributed by atoms with Crippen LogP contribution < -0.4 is 0 Å². The van der Waals surface area contributed by atoms with Gasteiger partial charge in [-0.15, -0.1) is 0 Å². The number of aliphatic hydroxyl groups is 1. The molecule has 0 bridgehead atoms. The van der Waals surface area contributed by atoms with Gasteiger partial charge >= 0.3 is 0 Å². The number of likely N-dealkylation sites (tertiary alicyclic amines) is 1. The number of carbonyl (C=O) groups is 2. The fourth-order valence-electron chi connectivity index (χ4n) is 5.48. The molecule has 1 fully saturated rings. The first-order valence-electron chi connectivity index (χ1n) is 15.1. The van der Waals surface area contributed by atoms with E-state index in [1.54, 1.807) is 4.90 Å². The molecule has 0 radical (unpaired) electrons. The summed E-state index contributed by atoms with van der Waals surface area (Å²) < 4.78 is 0.862. The van der Waals surface area contributed by atoms with Gasteiger partial charge in [0, 0.05) is 28.7 Å². The van der Waals surface area contributed by atoms with E-state index >= 15 is 0 Å². The number of nitrogens with zero attached hydrogens (tertiary/aromatic N) is 2. The highest BCUT2D eigenvalue weighted by Gasteiger charge is 2.45. The number of benzene rings is 2. The van der Waals surface area contributed by atoms with Crippen LogP contribution >= 0.6 is 15.9 Å². The fraction of sp³-hybridized carbons (Fsp3) is 0.515. The van der Waals surface area contributed by atoms with E-state index in [-0.39, 0.29) is 22.6 Å². The van der Waals surface area contributed by atoms with Crippen molar-refractivity contribution in [3.05, 3.63) is 79.8 Å². The van der Waals surface area contributed by atoms with Crippen molar-refractivity contribution in [3.8, 4) is 0 Å². The summed E-state index contributed by atoms with van der Waals surface area (Å²) in [7, 11) is 0. The molecule has 1 amide bonds. The number of nitro benzene ring substituents is 1. The van der Waals surface area contributed by atoms with Crippen LogP contribution in [0.15, 0.2) is 58.6 Å². The Bertz CT molecular complexity index is 1180. The number of amides is 1. The summed E-state index contributed by atoms with van der Waals surface area (Å²) in [4.78, 5) is 38.4. The smallest absolute Gasteiger partial charge is 0.295 e. The van der Waals surface area contributed by atoms with E-state index < -0.39 is 22.7 Å². The molecule has 2 aromatic rings. The van der Waals surface area contributed by atoms with E-state index in [1.165, 1.54) is 94.9 Å². The highest BCUT2D eigenvalue weighted by atomic mass is 79.9. The Morgan fingerprint density at radius 3 is 1.78 bits per heavy atom. The minimum absolute atomic E-state index is 0.0107. The van der Waals surface area contributed by atoms with Gasteiger partial charge in [-0.25, -0.2) is 0 Å². The molecule has 41 heavy (non-hydrogen) atoms. The summed E-state index contributed by atoms with van der Waals surface area (Å²) >= 11 is 3.43. The number of ketones is 1. The maximum Gasteiger partial charge on any atom is 0.295 e. The molecule has 0 spiro atoms. The molecule has 1 heterocycles. The van der Waals surface area contributed by atoms with Crippen molar-refractivity contribution in [2.45, 2.75) is 103 Å². The molecule has 1 atom stereocenters. The van der Waals surface area contributed by atoms with Crippen LogP contribution in [-0.2, 0) is 9.59 Å². The van der Waals surface area contributed by atoms with E-state index in [0.717, 1.165) is 29.3 Å². The van der Waals surface area contributed by atoms with Crippen LogP contribution in [0.3, 0.4) is 0 Å². The number of unbranched alkanes of at least 4 members (excludes halogenated alkanes) is 13. The van der Waals surface area contributed by atoms with Gasteiger partial charge in [0.05, 0.1) is 16.5 Å².